The van der Waals surface area contributed by atoms with Crippen molar-refractivity contribution >= 4 is 11.3 Å². The van der Waals surface area contributed by atoms with Crippen molar-refractivity contribution in [2.75, 3.05) is 6.54 Å². The molecule has 0 amide bonds. The first-order chi connectivity index (χ1) is 11.3. The summed E-state index contributed by atoms with van der Waals surface area (Å²) in [6, 6.07) is 3.96. The third kappa shape index (κ3) is 2.97. The van der Waals surface area contributed by atoms with Gasteiger partial charge in [0, 0.05) is 31.6 Å². The van der Waals surface area contributed by atoms with Crippen LogP contribution >= 0.6 is 11.3 Å². The first-order valence-corrected chi connectivity index (χ1v) is 8.54. The molecule has 2 N–H and O–H groups in total. The molecule has 23 heavy (non-hydrogen) atoms. The fourth-order valence-electron chi connectivity index (χ4n) is 2.75. The van der Waals surface area contributed by atoms with Gasteiger partial charge in [0.05, 0.1) is 5.56 Å². The summed E-state index contributed by atoms with van der Waals surface area (Å²) in [7, 11) is 0. The van der Waals surface area contributed by atoms with Gasteiger partial charge in [0.25, 0.3) is 5.56 Å². The van der Waals surface area contributed by atoms with Gasteiger partial charge in [-0.3, -0.25) is 4.79 Å². The van der Waals surface area contributed by atoms with Crippen LogP contribution in [0.15, 0.2) is 32.2 Å². The van der Waals surface area contributed by atoms with Crippen molar-refractivity contribution in [2.24, 2.45) is 0 Å². The zero-order chi connectivity index (χ0) is 15.6. The lowest BCUT2D eigenvalue weighted by Gasteiger charge is -2.16. The van der Waals surface area contributed by atoms with E-state index in [1.54, 1.807) is 11.3 Å². The van der Waals surface area contributed by atoms with Gasteiger partial charge in [0.15, 0.2) is 0 Å². The molecule has 0 fully saturated rings. The Morgan fingerprint density at radius 2 is 2.30 bits per heavy atom. The summed E-state index contributed by atoms with van der Waals surface area (Å²) < 4.78 is 5.29. The van der Waals surface area contributed by atoms with E-state index in [-0.39, 0.29) is 5.56 Å². The molecule has 1 aliphatic heterocycles. The summed E-state index contributed by atoms with van der Waals surface area (Å²) in [6.07, 6.45) is 2.37. The lowest BCUT2D eigenvalue weighted by Crippen LogP contribution is -2.27. The average Bonchev–Trinajstić information content (AvgIpc) is 3.24. The zero-order valence-electron chi connectivity index (χ0n) is 12.5. The van der Waals surface area contributed by atoms with Crippen molar-refractivity contribution in [1.29, 1.82) is 0 Å². The minimum atomic E-state index is -0.157. The summed E-state index contributed by atoms with van der Waals surface area (Å²) in [5.41, 5.74) is 3.66. The fraction of sp³-hybridized carbons (Fsp3) is 0.312. The molecule has 7 heteroatoms. The van der Waals surface area contributed by atoms with Crippen molar-refractivity contribution in [2.45, 2.75) is 25.8 Å². The second kappa shape index (κ2) is 6.10. The maximum atomic E-state index is 12.2. The highest BCUT2D eigenvalue weighted by molar-refractivity contribution is 7.07. The summed E-state index contributed by atoms with van der Waals surface area (Å²) in [6.45, 7) is 1.64. The van der Waals surface area contributed by atoms with Crippen LogP contribution in [0.4, 0.5) is 0 Å². The number of aromatic amines is 1. The highest BCUT2D eigenvalue weighted by Crippen LogP contribution is 2.18. The van der Waals surface area contributed by atoms with Crippen LogP contribution in [0.25, 0.3) is 11.4 Å². The lowest BCUT2D eigenvalue weighted by molar-refractivity contribution is 0.379. The Hall–Kier alpha value is -2.25. The Labute approximate surface area is 136 Å². The largest absolute Gasteiger partial charge is 0.339 e. The quantitative estimate of drug-likeness (QED) is 0.764. The molecule has 0 atom stereocenters. The van der Waals surface area contributed by atoms with Gasteiger partial charge in [-0.05, 0) is 40.4 Å². The highest BCUT2D eigenvalue weighted by atomic mass is 32.1. The number of aromatic nitrogens is 3. The van der Waals surface area contributed by atoms with Gasteiger partial charge >= 0.3 is 0 Å². The molecule has 4 heterocycles. The van der Waals surface area contributed by atoms with Crippen LogP contribution in [-0.2, 0) is 25.8 Å². The van der Waals surface area contributed by atoms with E-state index >= 15 is 0 Å². The van der Waals surface area contributed by atoms with Crippen LogP contribution in [0, 0.1) is 0 Å². The lowest BCUT2D eigenvalue weighted by atomic mass is 10.0. The molecule has 1 aliphatic rings. The number of fused-ring (bicyclic) bond motifs is 1. The van der Waals surface area contributed by atoms with Crippen molar-refractivity contribution in [3.63, 3.8) is 0 Å². The van der Waals surface area contributed by atoms with E-state index in [9.17, 15) is 4.79 Å². The van der Waals surface area contributed by atoms with Gasteiger partial charge in [0.1, 0.15) is 0 Å². The molecule has 0 aliphatic carbocycles. The minimum absolute atomic E-state index is 0.157. The molecule has 0 unspecified atom stereocenters. The molecule has 0 spiro atoms. The summed E-state index contributed by atoms with van der Waals surface area (Å²) in [5.74, 6) is 0.918. The fourth-order valence-corrected chi connectivity index (χ4v) is 3.45. The van der Waals surface area contributed by atoms with Crippen LogP contribution in [0.3, 0.4) is 0 Å². The monoisotopic (exact) mass is 328 g/mol. The summed E-state index contributed by atoms with van der Waals surface area (Å²) in [4.78, 5) is 19.6. The van der Waals surface area contributed by atoms with Crippen molar-refractivity contribution in [3.05, 3.63) is 56.0 Å². The van der Waals surface area contributed by atoms with E-state index in [2.05, 4.69) is 37.3 Å². The predicted molar refractivity (Wildman–Crippen MR) is 87.5 cm³/mol. The molecule has 4 rings (SSSR count). The Kier molecular flexibility index (Phi) is 3.80. The van der Waals surface area contributed by atoms with Crippen molar-refractivity contribution in [3.8, 4) is 11.4 Å². The Morgan fingerprint density at radius 1 is 1.35 bits per heavy atom. The third-order valence-corrected chi connectivity index (χ3v) is 4.73. The minimum Gasteiger partial charge on any atom is -0.339 e. The van der Waals surface area contributed by atoms with Gasteiger partial charge in [-0.25, -0.2) is 0 Å². The first kappa shape index (κ1) is 14.3. The topological polar surface area (TPSA) is 83.8 Å². The highest BCUT2D eigenvalue weighted by Gasteiger charge is 2.17. The van der Waals surface area contributed by atoms with Gasteiger partial charge in [0.2, 0.25) is 11.7 Å². The molecule has 0 bridgehead atoms. The smallest absolute Gasteiger partial charge is 0.259 e. The normalized spacial score (nSPS) is 13.9. The second-order valence-electron chi connectivity index (χ2n) is 5.59. The molecule has 6 nitrogen and oxygen atoms in total. The van der Waals surface area contributed by atoms with Crippen LogP contribution < -0.4 is 10.9 Å². The van der Waals surface area contributed by atoms with Crippen LogP contribution in [0.5, 0.6) is 0 Å². The van der Waals surface area contributed by atoms with Crippen LogP contribution in [0.2, 0.25) is 0 Å². The van der Waals surface area contributed by atoms with E-state index in [0.29, 0.717) is 23.7 Å². The van der Waals surface area contributed by atoms with Crippen molar-refractivity contribution in [1.82, 2.24) is 20.4 Å². The van der Waals surface area contributed by atoms with Crippen LogP contribution in [0.1, 0.15) is 22.7 Å². The van der Waals surface area contributed by atoms with E-state index < -0.39 is 0 Å². The Morgan fingerprint density at radius 3 is 3.17 bits per heavy atom. The van der Waals surface area contributed by atoms with E-state index in [4.69, 9.17) is 4.52 Å². The second-order valence-corrected chi connectivity index (χ2v) is 6.37. The molecule has 118 valence electrons. The molecule has 3 aromatic rings. The van der Waals surface area contributed by atoms with Gasteiger partial charge < -0.3 is 14.8 Å². The first-order valence-electron chi connectivity index (χ1n) is 7.59. The number of pyridine rings is 1. The molecule has 0 saturated carbocycles. The molecule has 0 radical (unpaired) electrons. The zero-order valence-corrected chi connectivity index (χ0v) is 13.3. The Balaban J connectivity index is 1.57. The SMILES string of the molecule is O=c1[nH]c2c(cc1-c1noc(CCc3ccsc3)n1)CNCC2. The molecular weight excluding hydrogens is 312 g/mol. The molecule has 0 saturated heterocycles. The van der Waals surface area contributed by atoms with Gasteiger partial charge in [-0.2, -0.15) is 16.3 Å². The number of nitrogens with zero attached hydrogens (tertiary/aromatic N) is 2. The summed E-state index contributed by atoms with van der Waals surface area (Å²) in [5, 5.41) is 11.4. The molecule has 3 aromatic heterocycles. The van der Waals surface area contributed by atoms with Crippen LogP contribution in [-0.4, -0.2) is 21.7 Å². The number of hydrogen-bond acceptors (Lipinski definition) is 6. The third-order valence-electron chi connectivity index (χ3n) is 4.00. The van der Waals surface area contributed by atoms with Gasteiger partial charge in [-0.15, -0.1) is 0 Å². The van der Waals surface area contributed by atoms with Gasteiger partial charge in [-0.1, -0.05) is 5.16 Å². The number of nitrogens with one attached hydrogen (secondary N) is 2. The van der Waals surface area contributed by atoms with E-state index in [0.717, 1.165) is 37.2 Å². The number of rotatable bonds is 4. The summed E-state index contributed by atoms with van der Waals surface area (Å²) >= 11 is 1.67. The number of thiophene rings is 1. The molecular formula is C16H16N4O2S. The Bertz CT molecular complexity index is 867. The maximum Gasteiger partial charge on any atom is 0.259 e. The maximum absolute atomic E-state index is 12.2. The van der Waals surface area contributed by atoms with E-state index in [1.165, 1.54) is 5.56 Å². The number of hydrogen-bond donors (Lipinski definition) is 2. The number of aryl methyl sites for hydroxylation is 2. The number of H-pyrrole nitrogens is 1. The predicted octanol–water partition coefficient (Wildman–Crippen LogP) is 1.92. The standard InChI is InChI=1S/C16H16N4O2S/c21-16-12(7-11-8-17-5-3-13(11)18-16)15-19-14(22-20-15)2-1-10-4-6-23-9-10/h4,6-7,9,17H,1-3,5,8H2,(H,18,21). The molecule has 0 aromatic carbocycles. The van der Waals surface area contributed by atoms with E-state index in [1.807, 2.05) is 6.07 Å². The van der Waals surface area contributed by atoms with Crippen molar-refractivity contribution < 1.29 is 4.52 Å². The average molecular weight is 328 g/mol.